The second-order valence-electron chi connectivity index (χ2n) is 7.61. The van der Waals surface area contributed by atoms with Gasteiger partial charge in [-0.2, -0.15) is 0 Å². The molecule has 1 heterocycles. The van der Waals surface area contributed by atoms with Crippen molar-refractivity contribution >= 4 is 44.9 Å². The Labute approximate surface area is 194 Å². The lowest BCUT2D eigenvalue weighted by Gasteiger charge is -2.28. The Morgan fingerprint density at radius 3 is 2.48 bits per heavy atom. The molecular formula is C24H24BrN3O2S. The number of thiophene rings is 1. The summed E-state index contributed by atoms with van der Waals surface area (Å²) in [7, 11) is 0. The Bertz CT molecular complexity index is 1020. The van der Waals surface area contributed by atoms with Crippen LogP contribution in [-0.4, -0.2) is 34.3 Å². The van der Waals surface area contributed by atoms with E-state index < -0.39 is 0 Å². The van der Waals surface area contributed by atoms with Crippen LogP contribution in [0.3, 0.4) is 0 Å². The number of anilines is 1. The Balaban J connectivity index is 1.47. The van der Waals surface area contributed by atoms with Crippen molar-refractivity contribution in [1.82, 2.24) is 9.80 Å². The van der Waals surface area contributed by atoms with Gasteiger partial charge in [-0.3, -0.25) is 4.79 Å². The monoisotopic (exact) mass is 497 g/mol. The van der Waals surface area contributed by atoms with E-state index in [-0.39, 0.29) is 24.5 Å². The van der Waals surface area contributed by atoms with E-state index in [0.29, 0.717) is 18.8 Å². The number of halogens is 1. The van der Waals surface area contributed by atoms with Gasteiger partial charge < -0.3 is 15.1 Å². The zero-order valence-electron chi connectivity index (χ0n) is 17.0. The van der Waals surface area contributed by atoms with Gasteiger partial charge in [-0.05, 0) is 48.1 Å². The van der Waals surface area contributed by atoms with Gasteiger partial charge in [0.1, 0.15) is 6.54 Å². The Hall–Kier alpha value is -2.64. The fraction of sp³-hybridized carbons (Fsp3) is 0.250. The molecule has 0 aliphatic heterocycles. The van der Waals surface area contributed by atoms with Crippen molar-refractivity contribution in [2.45, 2.75) is 32.0 Å². The summed E-state index contributed by atoms with van der Waals surface area (Å²) in [6.07, 6.45) is 1.87. The Kier molecular flexibility index (Phi) is 7.04. The van der Waals surface area contributed by atoms with Crippen LogP contribution in [0.1, 0.15) is 23.3 Å². The number of urea groups is 1. The molecule has 0 unspecified atom stereocenters. The predicted molar refractivity (Wildman–Crippen MR) is 128 cm³/mol. The maximum Gasteiger partial charge on any atom is 0.322 e. The molecular weight excluding hydrogens is 474 g/mol. The fourth-order valence-electron chi connectivity index (χ4n) is 3.39. The second kappa shape index (κ2) is 10.1. The number of amides is 3. The molecule has 1 aliphatic carbocycles. The van der Waals surface area contributed by atoms with Crippen LogP contribution in [0.15, 0.2) is 76.6 Å². The number of nitrogens with zero attached hydrogens (tertiary/aromatic N) is 2. The molecule has 31 heavy (non-hydrogen) atoms. The zero-order valence-corrected chi connectivity index (χ0v) is 19.4. The number of rotatable bonds is 8. The SMILES string of the molecule is O=C(CN(C(=O)Nc1cccc(Br)c1)C1CC1)N(Cc1ccccc1)Cc1cccs1. The summed E-state index contributed by atoms with van der Waals surface area (Å²) in [6.45, 7) is 1.13. The summed E-state index contributed by atoms with van der Waals surface area (Å²) in [4.78, 5) is 30.9. The first-order valence-electron chi connectivity index (χ1n) is 10.3. The number of benzene rings is 2. The van der Waals surface area contributed by atoms with E-state index in [1.54, 1.807) is 16.2 Å². The van der Waals surface area contributed by atoms with E-state index >= 15 is 0 Å². The third-order valence-corrected chi connectivity index (χ3v) is 6.48. The number of hydrogen-bond acceptors (Lipinski definition) is 3. The highest BCUT2D eigenvalue weighted by molar-refractivity contribution is 9.10. The third-order valence-electron chi connectivity index (χ3n) is 5.13. The van der Waals surface area contributed by atoms with E-state index in [0.717, 1.165) is 27.8 Å². The first-order valence-corrected chi connectivity index (χ1v) is 11.9. The molecule has 7 heteroatoms. The maximum absolute atomic E-state index is 13.3. The van der Waals surface area contributed by atoms with E-state index in [2.05, 4.69) is 21.2 Å². The molecule has 0 atom stereocenters. The molecule has 1 saturated carbocycles. The first-order chi connectivity index (χ1) is 15.1. The lowest BCUT2D eigenvalue weighted by molar-refractivity contribution is -0.133. The molecule has 0 radical (unpaired) electrons. The van der Waals surface area contributed by atoms with Crippen LogP contribution in [0.25, 0.3) is 0 Å². The molecule has 2 aromatic carbocycles. The van der Waals surface area contributed by atoms with E-state index in [1.165, 1.54) is 0 Å². The lowest BCUT2D eigenvalue weighted by atomic mass is 10.2. The molecule has 3 amide bonds. The van der Waals surface area contributed by atoms with Crippen molar-refractivity contribution in [2.75, 3.05) is 11.9 Å². The summed E-state index contributed by atoms with van der Waals surface area (Å²) in [5, 5.41) is 4.95. The lowest BCUT2D eigenvalue weighted by Crippen LogP contribution is -2.45. The third kappa shape index (κ3) is 6.18. The largest absolute Gasteiger partial charge is 0.332 e. The summed E-state index contributed by atoms with van der Waals surface area (Å²) >= 11 is 5.06. The molecule has 1 fully saturated rings. The van der Waals surface area contributed by atoms with Crippen molar-refractivity contribution < 1.29 is 9.59 Å². The van der Waals surface area contributed by atoms with Gasteiger partial charge in [0.05, 0.1) is 6.54 Å². The first kappa shape index (κ1) is 21.6. The molecule has 3 aromatic rings. The minimum absolute atomic E-state index is 0.0476. The van der Waals surface area contributed by atoms with Crippen LogP contribution in [0.2, 0.25) is 0 Å². The highest BCUT2D eigenvalue weighted by Gasteiger charge is 2.35. The molecule has 1 aromatic heterocycles. The molecule has 0 bridgehead atoms. The highest BCUT2D eigenvalue weighted by Crippen LogP contribution is 2.28. The summed E-state index contributed by atoms with van der Waals surface area (Å²) in [6, 6.07) is 21.4. The Morgan fingerprint density at radius 1 is 1.00 bits per heavy atom. The van der Waals surface area contributed by atoms with Crippen LogP contribution in [0.4, 0.5) is 10.5 Å². The second-order valence-corrected chi connectivity index (χ2v) is 9.56. The molecule has 5 nitrogen and oxygen atoms in total. The number of carbonyl (C=O) groups excluding carboxylic acids is 2. The topological polar surface area (TPSA) is 52.7 Å². The van der Waals surface area contributed by atoms with Crippen molar-refractivity contribution in [2.24, 2.45) is 0 Å². The van der Waals surface area contributed by atoms with Crippen molar-refractivity contribution in [3.63, 3.8) is 0 Å². The van der Waals surface area contributed by atoms with Gasteiger partial charge in [0, 0.05) is 27.6 Å². The number of carbonyl (C=O) groups is 2. The molecule has 0 spiro atoms. The van der Waals surface area contributed by atoms with Crippen LogP contribution in [0.5, 0.6) is 0 Å². The van der Waals surface area contributed by atoms with Crippen molar-refractivity contribution in [1.29, 1.82) is 0 Å². The Morgan fingerprint density at radius 2 is 1.81 bits per heavy atom. The molecule has 160 valence electrons. The van der Waals surface area contributed by atoms with Crippen molar-refractivity contribution in [3.8, 4) is 0 Å². The number of hydrogen-bond donors (Lipinski definition) is 1. The molecule has 4 rings (SSSR count). The number of nitrogens with one attached hydrogen (secondary N) is 1. The van der Waals surface area contributed by atoms with E-state index in [4.69, 9.17) is 0 Å². The maximum atomic E-state index is 13.3. The fourth-order valence-corrected chi connectivity index (χ4v) is 4.51. The standard InChI is InChI=1S/C24H24BrN3O2S/c25-19-8-4-9-20(14-19)26-24(30)28(21-11-12-21)17-23(29)27(16-22-10-5-13-31-22)15-18-6-2-1-3-7-18/h1-10,13-14,21H,11-12,15-17H2,(H,26,30). The molecule has 1 aliphatic rings. The zero-order chi connectivity index (χ0) is 21.6. The van der Waals surface area contributed by atoms with Gasteiger partial charge in [0.2, 0.25) is 5.91 Å². The van der Waals surface area contributed by atoms with E-state index in [1.807, 2.05) is 77.0 Å². The van der Waals surface area contributed by atoms with Gasteiger partial charge in [-0.25, -0.2) is 4.79 Å². The predicted octanol–water partition coefficient (Wildman–Crippen LogP) is 5.74. The minimum atomic E-state index is -0.232. The normalized spacial score (nSPS) is 12.9. The average Bonchev–Trinajstić information content (AvgIpc) is 3.47. The van der Waals surface area contributed by atoms with E-state index in [9.17, 15) is 9.59 Å². The van der Waals surface area contributed by atoms with Gasteiger partial charge in [0.25, 0.3) is 0 Å². The molecule has 0 saturated heterocycles. The average molecular weight is 498 g/mol. The van der Waals surface area contributed by atoms with Crippen LogP contribution in [0, 0.1) is 0 Å². The molecule has 1 N–H and O–H groups in total. The minimum Gasteiger partial charge on any atom is -0.332 e. The summed E-state index contributed by atoms with van der Waals surface area (Å²) in [5.41, 5.74) is 1.78. The van der Waals surface area contributed by atoms with Gasteiger partial charge in [-0.15, -0.1) is 11.3 Å². The van der Waals surface area contributed by atoms with Crippen LogP contribution in [-0.2, 0) is 17.9 Å². The van der Waals surface area contributed by atoms with Gasteiger partial charge >= 0.3 is 6.03 Å². The van der Waals surface area contributed by atoms with Crippen molar-refractivity contribution in [3.05, 3.63) is 87.0 Å². The van der Waals surface area contributed by atoms with Crippen LogP contribution >= 0.6 is 27.3 Å². The highest BCUT2D eigenvalue weighted by atomic mass is 79.9. The quantitative estimate of drug-likeness (QED) is 0.431. The smallest absolute Gasteiger partial charge is 0.322 e. The van der Waals surface area contributed by atoms with Gasteiger partial charge in [-0.1, -0.05) is 58.4 Å². The summed E-state index contributed by atoms with van der Waals surface area (Å²) < 4.78 is 0.893. The van der Waals surface area contributed by atoms with Gasteiger partial charge in [0.15, 0.2) is 0 Å². The summed E-state index contributed by atoms with van der Waals surface area (Å²) in [5.74, 6) is -0.0476. The van der Waals surface area contributed by atoms with Crippen LogP contribution < -0.4 is 5.32 Å².